The number of hydrogen-bond donors (Lipinski definition) is 1. The Hall–Kier alpha value is -2.90. The zero-order chi connectivity index (χ0) is 17.3. The summed E-state index contributed by atoms with van der Waals surface area (Å²) in [5, 5.41) is 18.1. The van der Waals surface area contributed by atoms with Gasteiger partial charge in [0.1, 0.15) is 0 Å². The first-order valence-electron chi connectivity index (χ1n) is 7.81. The van der Waals surface area contributed by atoms with Crippen molar-refractivity contribution in [3.8, 4) is 0 Å². The van der Waals surface area contributed by atoms with Gasteiger partial charge in [-0.25, -0.2) is 4.79 Å². The lowest BCUT2D eigenvalue weighted by Crippen LogP contribution is -2.39. The molecule has 0 spiro atoms. The van der Waals surface area contributed by atoms with E-state index in [2.05, 4.69) is 10.4 Å². The summed E-state index contributed by atoms with van der Waals surface area (Å²) in [6.07, 6.45) is 3.87. The first kappa shape index (κ1) is 16.0. The number of fused-ring (bicyclic) bond motifs is 1. The first-order chi connectivity index (χ1) is 11.5. The van der Waals surface area contributed by atoms with Gasteiger partial charge in [-0.3, -0.25) is 14.8 Å². The Balaban J connectivity index is 1.71. The summed E-state index contributed by atoms with van der Waals surface area (Å²) < 4.78 is 1.77. The number of nitro benzene ring substituents is 1. The fourth-order valence-electron chi connectivity index (χ4n) is 2.82. The Morgan fingerprint density at radius 2 is 2.21 bits per heavy atom. The zero-order valence-electron chi connectivity index (χ0n) is 13.6. The van der Waals surface area contributed by atoms with Gasteiger partial charge in [-0.05, 0) is 25.8 Å². The summed E-state index contributed by atoms with van der Waals surface area (Å²) >= 11 is 0. The number of nitrogens with one attached hydrogen (secondary N) is 1. The van der Waals surface area contributed by atoms with Crippen LogP contribution in [0.3, 0.4) is 0 Å². The number of hydrogen-bond acceptors (Lipinski definition) is 4. The molecular formula is C16H19N5O3. The fraction of sp³-hybridized carbons (Fsp3) is 0.375. The predicted molar refractivity (Wildman–Crippen MR) is 88.8 cm³/mol. The molecule has 1 aliphatic rings. The molecule has 1 aromatic carbocycles. The number of nitro groups is 1. The number of urea groups is 1. The molecule has 0 aliphatic carbocycles. The van der Waals surface area contributed by atoms with Crippen LogP contribution in [-0.2, 0) is 13.0 Å². The zero-order valence-corrected chi connectivity index (χ0v) is 13.6. The summed E-state index contributed by atoms with van der Waals surface area (Å²) in [4.78, 5) is 24.8. The van der Waals surface area contributed by atoms with E-state index in [9.17, 15) is 14.9 Å². The van der Waals surface area contributed by atoms with Crippen molar-refractivity contribution in [1.29, 1.82) is 0 Å². The molecule has 3 rings (SSSR count). The Kier molecular flexibility index (Phi) is 4.20. The normalized spacial score (nSPS) is 13.7. The van der Waals surface area contributed by atoms with Gasteiger partial charge in [-0.1, -0.05) is 12.1 Å². The molecule has 126 valence electrons. The Labute approximate surface area is 139 Å². The number of benzene rings is 1. The van der Waals surface area contributed by atoms with Gasteiger partial charge < -0.3 is 10.2 Å². The third-order valence-electron chi connectivity index (χ3n) is 4.11. The van der Waals surface area contributed by atoms with Crippen LogP contribution in [0.1, 0.15) is 31.0 Å². The molecule has 1 N–H and O–H groups in total. The standard InChI is InChI=1S/C16H19N5O3/c1-11(2)20-10-13(8-17-20)18-16(22)19-7-6-14-12(9-19)4-3-5-15(14)21(23)24/h3-5,8,10-11H,6-7,9H2,1-2H3,(H,18,22). The molecule has 1 aliphatic heterocycles. The number of anilines is 1. The predicted octanol–water partition coefficient (Wildman–Crippen LogP) is 2.96. The molecule has 0 saturated heterocycles. The van der Waals surface area contributed by atoms with E-state index in [1.165, 1.54) is 6.07 Å². The average molecular weight is 329 g/mol. The van der Waals surface area contributed by atoms with Crippen LogP contribution in [0.2, 0.25) is 0 Å². The van der Waals surface area contributed by atoms with Crippen molar-refractivity contribution in [1.82, 2.24) is 14.7 Å². The summed E-state index contributed by atoms with van der Waals surface area (Å²) in [6.45, 7) is 4.82. The molecule has 2 aromatic rings. The van der Waals surface area contributed by atoms with Crippen molar-refractivity contribution in [3.63, 3.8) is 0 Å². The maximum absolute atomic E-state index is 12.4. The maximum atomic E-state index is 12.4. The quantitative estimate of drug-likeness (QED) is 0.692. The lowest BCUT2D eigenvalue weighted by molar-refractivity contribution is -0.385. The van der Waals surface area contributed by atoms with Crippen LogP contribution in [0.25, 0.3) is 0 Å². The number of amides is 2. The van der Waals surface area contributed by atoms with E-state index in [0.29, 0.717) is 25.2 Å². The molecule has 0 atom stereocenters. The Morgan fingerprint density at radius 3 is 2.88 bits per heavy atom. The molecular weight excluding hydrogens is 310 g/mol. The van der Waals surface area contributed by atoms with Gasteiger partial charge in [0.05, 0.1) is 16.8 Å². The molecule has 8 heteroatoms. The Morgan fingerprint density at radius 1 is 1.42 bits per heavy atom. The highest BCUT2D eigenvalue weighted by Crippen LogP contribution is 2.28. The summed E-state index contributed by atoms with van der Waals surface area (Å²) in [5.74, 6) is 0. The van der Waals surface area contributed by atoms with Gasteiger partial charge in [0.25, 0.3) is 5.69 Å². The topological polar surface area (TPSA) is 93.3 Å². The molecule has 8 nitrogen and oxygen atoms in total. The van der Waals surface area contributed by atoms with E-state index < -0.39 is 0 Å². The highest BCUT2D eigenvalue weighted by Gasteiger charge is 2.26. The minimum absolute atomic E-state index is 0.130. The van der Waals surface area contributed by atoms with Crippen LogP contribution < -0.4 is 5.32 Å². The molecule has 2 heterocycles. The maximum Gasteiger partial charge on any atom is 0.322 e. The van der Waals surface area contributed by atoms with E-state index >= 15 is 0 Å². The van der Waals surface area contributed by atoms with Crippen molar-refractivity contribution in [2.45, 2.75) is 32.9 Å². The van der Waals surface area contributed by atoms with Crippen LogP contribution in [-0.4, -0.2) is 32.2 Å². The Bertz CT molecular complexity index is 784. The van der Waals surface area contributed by atoms with Crippen molar-refractivity contribution < 1.29 is 9.72 Å². The summed E-state index contributed by atoms with van der Waals surface area (Å²) in [7, 11) is 0. The summed E-state index contributed by atoms with van der Waals surface area (Å²) in [5.41, 5.74) is 2.31. The van der Waals surface area contributed by atoms with E-state index in [1.54, 1.807) is 28.0 Å². The number of nitrogens with zero attached hydrogens (tertiary/aromatic N) is 4. The fourth-order valence-corrected chi connectivity index (χ4v) is 2.82. The lowest BCUT2D eigenvalue weighted by atomic mass is 9.98. The van der Waals surface area contributed by atoms with Crippen LogP contribution >= 0.6 is 0 Å². The largest absolute Gasteiger partial charge is 0.322 e. The monoisotopic (exact) mass is 329 g/mol. The highest BCUT2D eigenvalue weighted by molar-refractivity contribution is 5.89. The molecule has 2 amide bonds. The lowest BCUT2D eigenvalue weighted by Gasteiger charge is -2.28. The molecule has 1 aromatic heterocycles. The number of carbonyl (C=O) groups is 1. The van der Waals surface area contributed by atoms with Crippen LogP contribution in [0.5, 0.6) is 0 Å². The molecule has 0 unspecified atom stereocenters. The van der Waals surface area contributed by atoms with E-state index in [0.717, 1.165) is 11.1 Å². The van der Waals surface area contributed by atoms with Crippen molar-refractivity contribution in [3.05, 3.63) is 51.8 Å². The average Bonchev–Trinajstić information content (AvgIpc) is 3.02. The van der Waals surface area contributed by atoms with Gasteiger partial charge in [0.15, 0.2) is 0 Å². The second-order valence-corrected chi connectivity index (χ2v) is 6.08. The van der Waals surface area contributed by atoms with Gasteiger partial charge in [0.2, 0.25) is 0 Å². The van der Waals surface area contributed by atoms with Crippen molar-refractivity contribution in [2.75, 3.05) is 11.9 Å². The van der Waals surface area contributed by atoms with Crippen LogP contribution in [0, 0.1) is 10.1 Å². The number of aromatic nitrogens is 2. The summed E-state index contributed by atoms with van der Waals surface area (Å²) in [6, 6.07) is 4.99. The molecule has 0 saturated carbocycles. The molecule has 0 fully saturated rings. The second-order valence-electron chi connectivity index (χ2n) is 6.08. The van der Waals surface area contributed by atoms with E-state index in [4.69, 9.17) is 0 Å². The minimum Gasteiger partial charge on any atom is -0.320 e. The third kappa shape index (κ3) is 3.08. The van der Waals surface area contributed by atoms with Crippen molar-refractivity contribution in [2.24, 2.45) is 0 Å². The molecule has 24 heavy (non-hydrogen) atoms. The molecule has 0 bridgehead atoms. The SMILES string of the molecule is CC(C)n1cc(NC(=O)N2CCc3c(cccc3[N+](=O)[O-])C2)cn1. The highest BCUT2D eigenvalue weighted by atomic mass is 16.6. The minimum atomic E-state index is -0.366. The van der Waals surface area contributed by atoms with E-state index in [1.807, 2.05) is 19.9 Å². The van der Waals surface area contributed by atoms with Crippen LogP contribution in [0.15, 0.2) is 30.6 Å². The van der Waals surface area contributed by atoms with Gasteiger partial charge >= 0.3 is 6.03 Å². The molecule has 0 radical (unpaired) electrons. The van der Waals surface area contributed by atoms with Crippen LogP contribution in [0.4, 0.5) is 16.2 Å². The number of carbonyl (C=O) groups excluding carboxylic acids is 1. The van der Waals surface area contributed by atoms with Gasteiger partial charge in [0, 0.05) is 37.0 Å². The first-order valence-corrected chi connectivity index (χ1v) is 7.81. The van der Waals surface area contributed by atoms with E-state index in [-0.39, 0.29) is 22.7 Å². The second kappa shape index (κ2) is 6.31. The smallest absolute Gasteiger partial charge is 0.320 e. The van der Waals surface area contributed by atoms with Gasteiger partial charge in [-0.15, -0.1) is 0 Å². The third-order valence-corrected chi connectivity index (χ3v) is 4.11. The van der Waals surface area contributed by atoms with Gasteiger partial charge in [-0.2, -0.15) is 5.10 Å². The number of rotatable bonds is 3. The van der Waals surface area contributed by atoms with Crippen molar-refractivity contribution >= 4 is 17.4 Å².